The van der Waals surface area contributed by atoms with E-state index in [4.69, 9.17) is 4.74 Å². The fourth-order valence-electron chi connectivity index (χ4n) is 2.26. The number of nitrogens with zero attached hydrogens (tertiary/aromatic N) is 1. The molecule has 0 aliphatic carbocycles. The number of hydrogen-bond donors (Lipinski definition) is 1. The van der Waals surface area contributed by atoms with E-state index in [0.29, 0.717) is 12.2 Å². The van der Waals surface area contributed by atoms with Gasteiger partial charge in [-0.05, 0) is 54.2 Å². The highest BCUT2D eigenvalue weighted by Gasteiger charge is 2.13. The van der Waals surface area contributed by atoms with Gasteiger partial charge < -0.3 is 4.74 Å². The second kappa shape index (κ2) is 8.65. The Labute approximate surface area is 156 Å². The largest absolute Gasteiger partial charge is 0.489 e. The zero-order chi connectivity index (χ0) is 19.2. The first-order valence-electron chi connectivity index (χ1n) is 8.95. The van der Waals surface area contributed by atoms with Crippen LogP contribution in [0.3, 0.4) is 0 Å². The summed E-state index contributed by atoms with van der Waals surface area (Å²) in [5.41, 5.74) is 6.45. The molecule has 0 atom stereocenters. The quantitative estimate of drug-likeness (QED) is 0.582. The fourth-order valence-corrected chi connectivity index (χ4v) is 2.26. The van der Waals surface area contributed by atoms with Gasteiger partial charge in [-0.25, -0.2) is 5.43 Å². The number of carbonyl (C=O) groups is 1. The molecule has 0 bridgehead atoms. The molecule has 0 aliphatic heterocycles. The van der Waals surface area contributed by atoms with E-state index >= 15 is 0 Å². The average molecular weight is 352 g/mol. The Morgan fingerprint density at radius 2 is 1.65 bits per heavy atom. The zero-order valence-corrected chi connectivity index (χ0v) is 16.3. The number of nitrogens with one attached hydrogen (secondary N) is 1. The highest BCUT2D eigenvalue weighted by Crippen LogP contribution is 2.24. The number of amides is 1. The third kappa shape index (κ3) is 5.73. The minimum Gasteiger partial charge on any atom is -0.489 e. The Morgan fingerprint density at radius 1 is 1.04 bits per heavy atom. The molecule has 1 amide bonds. The SMILES string of the molecule is CCC(C)=NNC(=O)c1ccc(COc2ccc(C(C)(C)C)cc2)cc1. The van der Waals surface area contributed by atoms with Crippen LogP contribution in [0.1, 0.15) is 62.5 Å². The summed E-state index contributed by atoms with van der Waals surface area (Å²) in [6.45, 7) is 10.9. The molecule has 0 radical (unpaired) electrons. The molecule has 0 spiro atoms. The van der Waals surface area contributed by atoms with E-state index in [9.17, 15) is 4.79 Å². The van der Waals surface area contributed by atoms with Crippen molar-refractivity contribution in [2.45, 2.75) is 53.1 Å². The van der Waals surface area contributed by atoms with Crippen LogP contribution < -0.4 is 10.2 Å². The van der Waals surface area contributed by atoms with Gasteiger partial charge in [0.15, 0.2) is 0 Å². The van der Waals surface area contributed by atoms with E-state index in [-0.39, 0.29) is 11.3 Å². The lowest BCUT2D eigenvalue weighted by molar-refractivity contribution is 0.0954. The standard InChI is InChI=1S/C22H28N2O2/c1-6-16(2)23-24-21(25)18-9-7-17(8-10-18)15-26-20-13-11-19(12-14-20)22(3,4)5/h7-14H,6,15H2,1-5H3,(H,24,25). The second-order valence-electron chi connectivity index (χ2n) is 7.40. The molecule has 4 heteroatoms. The summed E-state index contributed by atoms with van der Waals surface area (Å²) in [7, 11) is 0. The van der Waals surface area contributed by atoms with Gasteiger partial charge in [-0.1, -0.05) is 52.0 Å². The number of ether oxygens (including phenoxy) is 1. The Bertz CT molecular complexity index is 754. The van der Waals surface area contributed by atoms with Gasteiger partial charge in [-0.2, -0.15) is 5.10 Å². The lowest BCUT2D eigenvalue weighted by Gasteiger charge is -2.19. The van der Waals surface area contributed by atoms with E-state index in [1.807, 2.05) is 38.1 Å². The molecule has 2 rings (SSSR count). The topological polar surface area (TPSA) is 50.7 Å². The van der Waals surface area contributed by atoms with E-state index in [0.717, 1.165) is 23.4 Å². The lowest BCUT2D eigenvalue weighted by atomic mass is 9.87. The first kappa shape index (κ1) is 19.7. The van der Waals surface area contributed by atoms with E-state index in [2.05, 4.69) is 43.4 Å². The van der Waals surface area contributed by atoms with Crippen molar-refractivity contribution in [1.82, 2.24) is 5.43 Å². The molecule has 26 heavy (non-hydrogen) atoms. The molecular formula is C22H28N2O2. The first-order chi connectivity index (χ1) is 12.3. The maximum atomic E-state index is 12.0. The number of hydrogen-bond acceptors (Lipinski definition) is 3. The molecule has 2 aromatic rings. The van der Waals surface area contributed by atoms with Gasteiger partial charge in [0.05, 0.1) is 0 Å². The molecule has 0 unspecified atom stereocenters. The Morgan fingerprint density at radius 3 is 2.19 bits per heavy atom. The van der Waals surface area contributed by atoms with Crippen molar-refractivity contribution in [3.05, 3.63) is 65.2 Å². The van der Waals surface area contributed by atoms with Crippen molar-refractivity contribution >= 4 is 11.6 Å². The number of carbonyl (C=O) groups excluding carboxylic acids is 1. The maximum Gasteiger partial charge on any atom is 0.271 e. The molecule has 1 N–H and O–H groups in total. The van der Waals surface area contributed by atoms with Gasteiger partial charge in [0.25, 0.3) is 5.91 Å². The summed E-state index contributed by atoms with van der Waals surface area (Å²) in [5, 5.41) is 4.03. The van der Waals surface area contributed by atoms with Crippen molar-refractivity contribution in [3.63, 3.8) is 0 Å². The van der Waals surface area contributed by atoms with Crippen molar-refractivity contribution in [3.8, 4) is 5.75 Å². The minimum atomic E-state index is -0.206. The van der Waals surface area contributed by atoms with Crippen LogP contribution in [0.25, 0.3) is 0 Å². The highest BCUT2D eigenvalue weighted by atomic mass is 16.5. The van der Waals surface area contributed by atoms with Crippen LogP contribution in [0.4, 0.5) is 0 Å². The predicted octanol–water partition coefficient (Wildman–Crippen LogP) is 5.08. The summed E-state index contributed by atoms with van der Waals surface area (Å²) in [5.74, 6) is 0.632. The Kier molecular flexibility index (Phi) is 6.56. The third-order valence-corrected chi connectivity index (χ3v) is 4.20. The highest BCUT2D eigenvalue weighted by molar-refractivity contribution is 5.95. The normalized spacial score (nSPS) is 12.0. The molecule has 4 nitrogen and oxygen atoms in total. The molecular weight excluding hydrogens is 324 g/mol. The van der Waals surface area contributed by atoms with Crippen LogP contribution in [0.5, 0.6) is 5.75 Å². The molecule has 0 aromatic heterocycles. The predicted molar refractivity (Wildman–Crippen MR) is 107 cm³/mol. The average Bonchev–Trinajstić information content (AvgIpc) is 2.64. The summed E-state index contributed by atoms with van der Waals surface area (Å²) in [6.07, 6.45) is 0.813. The lowest BCUT2D eigenvalue weighted by Crippen LogP contribution is -2.18. The Hall–Kier alpha value is -2.62. The number of rotatable bonds is 6. The van der Waals surface area contributed by atoms with Crippen LogP contribution in [0.2, 0.25) is 0 Å². The van der Waals surface area contributed by atoms with Gasteiger partial charge >= 0.3 is 0 Å². The third-order valence-electron chi connectivity index (χ3n) is 4.20. The fraction of sp³-hybridized carbons (Fsp3) is 0.364. The van der Waals surface area contributed by atoms with Crippen LogP contribution in [0.15, 0.2) is 53.6 Å². The molecule has 0 saturated carbocycles. The molecule has 0 saturated heterocycles. The van der Waals surface area contributed by atoms with E-state index in [1.165, 1.54) is 5.56 Å². The van der Waals surface area contributed by atoms with Crippen LogP contribution in [-0.4, -0.2) is 11.6 Å². The van der Waals surface area contributed by atoms with Gasteiger partial charge in [0.1, 0.15) is 12.4 Å². The van der Waals surface area contributed by atoms with Gasteiger partial charge in [-0.3, -0.25) is 4.79 Å². The molecule has 2 aromatic carbocycles. The van der Waals surface area contributed by atoms with E-state index < -0.39 is 0 Å². The minimum absolute atomic E-state index is 0.134. The van der Waals surface area contributed by atoms with Gasteiger partial charge in [0, 0.05) is 11.3 Å². The van der Waals surface area contributed by atoms with Crippen molar-refractivity contribution < 1.29 is 9.53 Å². The van der Waals surface area contributed by atoms with Crippen LogP contribution in [-0.2, 0) is 12.0 Å². The summed E-state index contributed by atoms with van der Waals surface area (Å²) in [6, 6.07) is 15.6. The molecule has 138 valence electrons. The smallest absolute Gasteiger partial charge is 0.271 e. The summed E-state index contributed by atoms with van der Waals surface area (Å²) in [4.78, 5) is 12.0. The Balaban J connectivity index is 1.92. The van der Waals surface area contributed by atoms with Crippen molar-refractivity contribution in [1.29, 1.82) is 0 Å². The van der Waals surface area contributed by atoms with Gasteiger partial charge in [-0.15, -0.1) is 0 Å². The second-order valence-corrected chi connectivity index (χ2v) is 7.40. The molecule has 0 fully saturated rings. The molecule has 0 aliphatic rings. The monoisotopic (exact) mass is 352 g/mol. The van der Waals surface area contributed by atoms with Crippen molar-refractivity contribution in [2.24, 2.45) is 5.10 Å². The first-order valence-corrected chi connectivity index (χ1v) is 8.95. The number of hydrazone groups is 1. The zero-order valence-electron chi connectivity index (χ0n) is 16.3. The van der Waals surface area contributed by atoms with E-state index in [1.54, 1.807) is 12.1 Å². The number of benzene rings is 2. The van der Waals surface area contributed by atoms with Crippen LogP contribution in [0, 0.1) is 0 Å². The maximum absolute atomic E-state index is 12.0. The van der Waals surface area contributed by atoms with Crippen molar-refractivity contribution in [2.75, 3.05) is 0 Å². The molecule has 0 heterocycles. The van der Waals surface area contributed by atoms with Crippen LogP contribution >= 0.6 is 0 Å². The summed E-state index contributed by atoms with van der Waals surface area (Å²) >= 11 is 0. The summed E-state index contributed by atoms with van der Waals surface area (Å²) < 4.78 is 5.83. The van der Waals surface area contributed by atoms with Gasteiger partial charge in [0.2, 0.25) is 0 Å².